The molecule has 278 valence electrons. The smallest absolute Gasteiger partial charge is 0.501 e. The van der Waals surface area contributed by atoms with Gasteiger partial charge in [-0.25, -0.2) is 0 Å². The van der Waals surface area contributed by atoms with Gasteiger partial charge in [0.05, 0.1) is 11.2 Å². The van der Waals surface area contributed by atoms with Crippen LogP contribution < -0.4 is 0 Å². The van der Waals surface area contributed by atoms with E-state index in [1.165, 1.54) is 24.0 Å². The molecule has 0 saturated carbocycles. The van der Waals surface area contributed by atoms with Crippen LogP contribution in [0.1, 0.15) is 36.8 Å². The van der Waals surface area contributed by atoms with Crippen molar-refractivity contribution in [3.63, 3.8) is 0 Å². The second-order valence-corrected chi connectivity index (χ2v) is 13.9. The van der Waals surface area contributed by atoms with E-state index in [-0.39, 0.29) is 20.1 Å². The molecule has 6 heteroatoms. The van der Waals surface area contributed by atoms with Crippen LogP contribution in [-0.2, 0) is 32.9 Å². The minimum absolute atomic E-state index is 0. The van der Waals surface area contributed by atoms with E-state index in [0.29, 0.717) is 0 Å². The molecule has 57 heavy (non-hydrogen) atoms. The zero-order chi connectivity index (χ0) is 37.5. The minimum Gasteiger partial charge on any atom is -0.501 e. The van der Waals surface area contributed by atoms with Crippen molar-refractivity contribution >= 4 is 43.9 Å². The molecule has 5 aromatic carbocycles. The Morgan fingerprint density at radius 2 is 0.965 bits per heavy atom. The Morgan fingerprint density at radius 3 is 1.46 bits per heavy atom. The van der Waals surface area contributed by atoms with Crippen LogP contribution in [0.3, 0.4) is 0 Å². The Bertz CT molecular complexity index is 2650. The molecule has 0 amide bonds. The average molecular weight is 917 g/mol. The number of benzene rings is 5. The van der Waals surface area contributed by atoms with E-state index < -0.39 is 0 Å². The quantitative estimate of drug-likeness (QED) is 0.101. The van der Waals surface area contributed by atoms with Crippen LogP contribution in [0.2, 0.25) is 0 Å². The summed E-state index contributed by atoms with van der Waals surface area (Å²) in [5, 5.41) is 4.45. The van der Waals surface area contributed by atoms with Crippen LogP contribution in [0.4, 0.5) is 0 Å². The largest absolute Gasteiger partial charge is 3.00 e. The molecule has 0 aliphatic heterocycles. The van der Waals surface area contributed by atoms with E-state index in [4.69, 9.17) is 18.8 Å². The van der Waals surface area contributed by atoms with Crippen molar-refractivity contribution in [3.05, 3.63) is 187 Å². The van der Waals surface area contributed by atoms with Crippen LogP contribution in [0.25, 0.3) is 77.6 Å². The summed E-state index contributed by atoms with van der Waals surface area (Å²) in [5.74, 6) is 0. The summed E-state index contributed by atoms with van der Waals surface area (Å²) in [5.41, 5.74) is 11.6. The number of para-hydroxylation sites is 2. The van der Waals surface area contributed by atoms with E-state index in [9.17, 15) is 0 Å². The molecule has 0 saturated heterocycles. The van der Waals surface area contributed by atoms with Gasteiger partial charge in [0.2, 0.25) is 0 Å². The van der Waals surface area contributed by atoms with Crippen LogP contribution in [0.15, 0.2) is 167 Å². The number of fused-ring (bicyclic) bond motifs is 6. The molecule has 0 aliphatic rings. The molecular formula is C51H38IrN3O2. The van der Waals surface area contributed by atoms with Gasteiger partial charge in [-0.3, -0.25) is 0 Å². The van der Waals surface area contributed by atoms with Gasteiger partial charge >= 0.3 is 20.1 Å². The zero-order valence-corrected chi connectivity index (χ0v) is 33.6. The Kier molecular flexibility index (Phi) is 11.7. The van der Waals surface area contributed by atoms with Crippen LogP contribution in [0, 0.1) is 18.2 Å². The summed E-state index contributed by atoms with van der Waals surface area (Å²) in [6.45, 7) is 0. The maximum absolute atomic E-state index is 6.17. The van der Waals surface area contributed by atoms with Crippen LogP contribution in [0.5, 0.6) is 0 Å². The van der Waals surface area contributed by atoms with Gasteiger partial charge in [0.15, 0.2) is 0 Å². The summed E-state index contributed by atoms with van der Waals surface area (Å²) < 4.78 is 12.3. The van der Waals surface area contributed by atoms with Crippen molar-refractivity contribution in [3.8, 4) is 33.8 Å². The maximum Gasteiger partial charge on any atom is 3.00 e. The number of furan rings is 2. The summed E-state index contributed by atoms with van der Waals surface area (Å²) in [6, 6.07) is 56.4. The SMILES string of the molecule is [Ir+3].[c-]1ccc2c(oc3ccccc32)c1-c1ccc(CCCCCCc2ccc(-c3[c-]ccc4c3oc3ccccc34)nc2)cn1.[c-]1ccccc1-c1ccccn1. The molecule has 0 atom stereocenters. The molecule has 0 fully saturated rings. The molecule has 0 bridgehead atoms. The second-order valence-electron chi connectivity index (χ2n) is 13.9. The molecule has 10 aromatic rings. The number of nitrogens with zero attached hydrogens (tertiary/aromatic N) is 3. The first-order valence-corrected chi connectivity index (χ1v) is 19.2. The number of unbranched alkanes of at least 4 members (excludes halogenated alkanes) is 3. The van der Waals surface area contributed by atoms with Crippen molar-refractivity contribution in [2.75, 3.05) is 0 Å². The van der Waals surface area contributed by atoms with Gasteiger partial charge in [0.25, 0.3) is 0 Å². The van der Waals surface area contributed by atoms with Gasteiger partial charge in [-0.2, -0.15) is 0 Å². The van der Waals surface area contributed by atoms with E-state index in [2.05, 4.69) is 71.7 Å². The summed E-state index contributed by atoms with van der Waals surface area (Å²) in [6.07, 6.45) is 12.6. The number of pyridine rings is 3. The molecule has 5 nitrogen and oxygen atoms in total. The zero-order valence-electron chi connectivity index (χ0n) is 31.2. The molecule has 0 N–H and O–H groups in total. The number of hydrogen-bond acceptors (Lipinski definition) is 5. The monoisotopic (exact) mass is 917 g/mol. The Hall–Kier alpha value is -6.20. The average Bonchev–Trinajstić information content (AvgIpc) is 3.85. The van der Waals surface area contributed by atoms with Crippen molar-refractivity contribution < 1.29 is 28.9 Å². The maximum atomic E-state index is 6.17. The van der Waals surface area contributed by atoms with Crippen molar-refractivity contribution in [1.29, 1.82) is 0 Å². The fourth-order valence-corrected chi connectivity index (χ4v) is 7.29. The van der Waals surface area contributed by atoms with Crippen molar-refractivity contribution in [1.82, 2.24) is 15.0 Å². The Balaban J connectivity index is 0.000000300. The Morgan fingerprint density at radius 1 is 0.421 bits per heavy atom. The van der Waals surface area contributed by atoms with Gasteiger partial charge in [-0.15, -0.1) is 72.3 Å². The molecule has 0 aliphatic carbocycles. The predicted octanol–water partition coefficient (Wildman–Crippen LogP) is 13.1. The summed E-state index contributed by atoms with van der Waals surface area (Å²) in [7, 11) is 0. The molecule has 5 heterocycles. The molecule has 5 aromatic heterocycles. The van der Waals surface area contributed by atoms with Gasteiger partial charge < -0.3 is 23.8 Å². The second kappa shape index (κ2) is 17.7. The van der Waals surface area contributed by atoms with Crippen LogP contribution >= 0.6 is 0 Å². The summed E-state index contributed by atoms with van der Waals surface area (Å²) in [4.78, 5) is 13.8. The molecule has 0 spiro atoms. The summed E-state index contributed by atoms with van der Waals surface area (Å²) >= 11 is 0. The number of rotatable bonds is 10. The van der Waals surface area contributed by atoms with E-state index in [1.807, 2.05) is 103 Å². The molecule has 10 rings (SSSR count). The van der Waals surface area contributed by atoms with Crippen molar-refractivity contribution in [2.24, 2.45) is 0 Å². The van der Waals surface area contributed by atoms with Gasteiger partial charge in [-0.05, 0) is 72.1 Å². The molecule has 0 unspecified atom stereocenters. The van der Waals surface area contributed by atoms with E-state index in [0.717, 1.165) is 103 Å². The minimum atomic E-state index is 0. The number of aromatic nitrogens is 3. The molecular weight excluding hydrogens is 879 g/mol. The third-order valence-electron chi connectivity index (χ3n) is 10.2. The first-order valence-electron chi connectivity index (χ1n) is 19.2. The standard InChI is InChI=1S/C40H30N2O2.C11H8N.Ir/c1(3-11-27-21-23-35(41-25-27)33-17-9-15-31-29-13-5-7-19-37(29)43-39(31)33)2-4-12-28-22-24-36(42-26-28)34-18-10-16-32-30-14-6-8-20-38(30)44-40(32)34;1-2-6-10(7-3-1)11-8-4-5-9-12-11;/h5-10,13-16,19-26H,1-4,11-12H2;1-6,8-9H;/q-2;-1;+3. The van der Waals surface area contributed by atoms with Crippen LogP contribution in [-0.4, -0.2) is 15.0 Å². The topological polar surface area (TPSA) is 65.0 Å². The normalized spacial score (nSPS) is 11.1. The molecule has 0 radical (unpaired) electrons. The van der Waals surface area contributed by atoms with Gasteiger partial charge in [-0.1, -0.05) is 108 Å². The van der Waals surface area contributed by atoms with E-state index in [1.54, 1.807) is 6.20 Å². The van der Waals surface area contributed by atoms with Crippen molar-refractivity contribution in [2.45, 2.75) is 38.5 Å². The Labute approximate surface area is 345 Å². The third-order valence-corrected chi connectivity index (χ3v) is 10.2. The fourth-order valence-electron chi connectivity index (χ4n) is 7.29. The fraction of sp³-hybridized carbons (Fsp3) is 0.118. The first-order chi connectivity index (χ1) is 27.8. The van der Waals surface area contributed by atoms with E-state index >= 15 is 0 Å². The number of hydrogen-bond donors (Lipinski definition) is 0. The predicted molar refractivity (Wildman–Crippen MR) is 226 cm³/mol. The first kappa shape index (κ1) is 37.7. The number of aryl methyl sites for hydroxylation is 2. The van der Waals surface area contributed by atoms with Gasteiger partial charge in [0.1, 0.15) is 11.2 Å². The van der Waals surface area contributed by atoms with Gasteiger partial charge in [0, 0.05) is 29.4 Å². The third kappa shape index (κ3) is 8.34.